The van der Waals surface area contributed by atoms with E-state index in [0.29, 0.717) is 24.1 Å². The number of nitrogens with zero attached hydrogens (tertiary/aromatic N) is 4. The average Bonchev–Trinajstić information content (AvgIpc) is 3.48. The van der Waals surface area contributed by atoms with Crippen molar-refractivity contribution in [2.75, 3.05) is 11.9 Å². The third-order valence-electron chi connectivity index (χ3n) is 7.31. The fourth-order valence-corrected chi connectivity index (χ4v) is 5.42. The molecule has 0 bridgehead atoms. The smallest absolute Gasteiger partial charge is 0.325 e. The van der Waals surface area contributed by atoms with Crippen LogP contribution in [0.2, 0.25) is 0 Å². The van der Waals surface area contributed by atoms with E-state index in [1.807, 2.05) is 35.0 Å². The molecular weight excluding hydrogens is 543 g/mol. The van der Waals surface area contributed by atoms with E-state index in [4.69, 9.17) is 4.99 Å². The van der Waals surface area contributed by atoms with Gasteiger partial charge in [-0.15, -0.1) is 12.4 Å². The number of anilines is 1. The lowest BCUT2D eigenvalue weighted by atomic mass is 9.88. The molecule has 1 aliphatic heterocycles. The molecular formula is C29H31ClF3N5O2. The van der Waals surface area contributed by atoms with E-state index in [9.17, 15) is 22.8 Å². The van der Waals surface area contributed by atoms with Crippen molar-refractivity contribution in [1.82, 2.24) is 14.5 Å². The van der Waals surface area contributed by atoms with E-state index in [-0.39, 0.29) is 30.5 Å². The molecule has 2 amide bonds. The summed E-state index contributed by atoms with van der Waals surface area (Å²) in [5.41, 5.74) is 0.232. The molecule has 1 aliphatic carbocycles. The van der Waals surface area contributed by atoms with Gasteiger partial charge in [0.25, 0.3) is 5.91 Å². The molecule has 0 atom stereocenters. The number of rotatable bonds is 7. The summed E-state index contributed by atoms with van der Waals surface area (Å²) in [5.74, 6) is 0.0415. The van der Waals surface area contributed by atoms with Gasteiger partial charge in [-0.05, 0) is 62.4 Å². The van der Waals surface area contributed by atoms with Crippen LogP contribution in [0.5, 0.6) is 0 Å². The van der Waals surface area contributed by atoms with Gasteiger partial charge >= 0.3 is 6.18 Å². The molecule has 1 aromatic heterocycles. The average molecular weight is 574 g/mol. The summed E-state index contributed by atoms with van der Waals surface area (Å²) in [6.45, 7) is 1.80. The standard InChI is InChI=1S/C29H30F3N5O2.ClH/c1-2-7-24-33-16-17-36(24)23-12-10-20(11-13-23)26-27(39)37(28(35-26)14-4-3-5-15-28)19-25(38)34-22-9-6-8-21(18-22)29(30,31)32;/h6,8-13,16-18H,2-5,7,14-15,19H2,1H3,(H,34,38);1H. The van der Waals surface area contributed by atoms with Crippen LogP contribution in [0.25, 0.3) is 5.69 Å². The Kier molecular flexibility index (Phi) is 8.68. The Bertz CT molecular complexity index is 1400. The van der Waals surface area contributed by atoms with Crippen LogP contribution in [0.4, 0.5) is 18.9 Å². The Balaban J connectivity index is 0.00000370. The predicted octanol–water partition coefficient (Wildman–Crippen LogP) is 6.20. The van der Waals surface area contributed by atoms with Crippen molar-refractivity contribution in [2.45, 2.75) is 63.7 Å². The first-order chi connectivity index (χ1) is 18.7. The number of carbonyl (C=O) groups excluding carboxylic acids is 2. The molecule has 40 heavy (non-hydrogen) atoms. The molecule has 1 fully saturated rings. The molecule has 5 rings (SSSR count). The van der Waals surface area contributed by atoms with Crippen LogP contribution in [-0.2, 0) is 22.2 Å². The topological polar surface area (TPSA) is 79.6 Å². The van der Waals surface area contributed by atoms with Crippen molar-refractivity contribution in [3.8, 4) is 5.69 Å². The first-order valence-corrected chi connectivity index (χ1v) is 13.2. The van der Waals surface area contributed by atoms with Gasteiger partial charge in [-0.3, -0.25) is 14.6 Å². The first kappa shape index (κ1) is 29.3. The summed E-state index contributed by atoms with van der Waals surface area (Å²) in [6.07, 6.45) is 4.99. The Hall–Kier alpha value is -3.66. The largest absolute Gasteiger partial charge is 0.416 e. The van der Waals surface area contributed by atoms with E-state index >= 15 is 0 Å². The molecule has 0 unspecified atom stereocenters. The number of alkyl halides is 3. The second kappa shape index (κ2) is 11.8. The van der Waals surface area contributed by atoms with E-state index in [2.05, 4.69) is 17.2 Å². The molecule has 212 valence electrons. The second-order valence-electron chi connectivity index (χ2n) is 10.0. The summed E-state index contributed by atoms with van der Waals surface area (Å²) >= 11 is 0. The van der Waals surface area contributed by atoms with Crippen molar-refractivity contribution < 1.29 is 22.8 Å². The number of carbonyl (C=O) groups is 2. The molecule has 2 aliphatic rings. The summed E-state index contributed by atoms with van der Waals surface area (Å²) in [4.78, 5) is 37.4. The molecule has 7 nitrogen and oxygen atoms in total. The van der Waals surface area contributed by atoms with Crippen molar-refractivity contribution in [1.29, 1.82) is 0 Å². The highest BCUT2D eigenvalue weighted by atomic mass is 35.5. The van der Waals surface area contributed by atoms with Gasteiger partial charge in [0.1, 0.15) is 23.7 Å². The van der Waals surface area contributed by atoms with Crippen LogP contribution >= 0.6 is 12.4 Å². The minimum absolute atomic E-state index is 0. The number of benzene rings is 2. The number of amides is 2. The fourth-order valence-electron chi connectivity index (χ4n) is 5.42. The predicted molar refractivity (Wildman–Crippen MR) is 149 cm³/mol. The minimum Gasteiger partial charge on any atom is -0.325 e. The number of halogens is 4. The third kappa shape index (κ3) is 5.91. The second-order valence-corrected chi connectivity index (χ2v) is 10.0. The molecule has 3 aromatic rings. The zero-order valence-corrected chi connectivity index (χ0v) is 22.9. The molecule has 2 heterocycles. The normalized spacial score (nSPS) is 16.6. The van der Waals surface area contributed by atoms with Gasteiger partial charge in [0.15, 0.2) is 0 Å². The van der Waals surface area contributed by atoms with Gasteiger partial charge in [-0.2, -0.15) is 13.2 Å². The lowest BCUT2D eigenvalue weighted by molar-refractivity contribution is -0.137. The maximum absolute atomic E-state index is 13.7. The number of hydrogen-bond acceptors (Lipinski definition) is 4. The van der Waals surface area contributed by atoms with E-state index < -0.39 is 23.3 Å². The van der Waals surface area contributed by atoms with Crippen molar-refractivity contribution in [2.24, 2.45) is 4.99 Å². The number of aryl methyl sites for hydroxylation is 1. The Morgan fingerprint density at radius 2 is 1.80 bits per heavy atom. The molecule has 1 saturated carbocycles. The summed E-state index contributed by atoms with van der Waals surface area (Å²) in [6, 6.07) is 12.0. The Morgan fingerprint density at radius 1 is 1.07 bits per heavy atom. The van der Waals surface area contributed by atoms with Crippen LogP contribution in [0.15, 0.2) is 65.9 Å². The van der Waals surface area contributed by atoms with Crippen LogP contribution in [0, 0.1) is 0 Å². The first-order valence-electron chi connectivity index (χ1n) is 13.2. The SMILES string of the molecule is CCCc1nccn1-c1ccc(C2=NC3(CCCCC3)N(CC(=O)Nc3cccc(C(F)(F)F)c3)C2=O)cc1.Cl. The van der Waals surface area contributed by atoms with Crippen molar-refractivity contribution in [3.63, 3.8) is 0 Å². The molecule has 1 spiro atoms. The van der Waals surface area contributed by atoms with Crippen LogP contribution in [-0.4, -0.2) is 44.2 Å². The van der Waals surface area contributed by atoms with Gasteiger partial charge < -0.3 is 14.8 Å². The summed E-state index contributed by atoms with van der Waals surface area (Å²) < 4.78 is 41.3. The number of aliphatic imine (C=N–C) groups is 1. The molecule has 0 saturated heterocycles. The Labute approximate surface area is 236 Å². The van der Waals surface area contributed by atoms with E-state index in [0.717, 1.165) is 55.7 Å². The van der Waals surface area contributed by atoms with Crippen molar-refractivity contribution >= 4 is 35.6 Å². The van der Waals surface area contributed by atoms with Gasteiger partial charge in [0.2, 0.25) is 5.91 Å². The number of aromatic nitrogens is 2. The molecule has 1 N–H and O–H groups in total. The highest BCUT2D eigenvalue weighted by Gasteiger charge is 2.48. The zero-order chi connectivity index (χ0) is 27.6. The summed E-state index contributed by atoms with van der Waals surface area (Å²) in [5, 5.41) is 2.52. The lowest BCUT2D eigenvalue weighted by Gasteiger charge is -2.38. The third-order valence-corrected chi connectivity index (χ3v) is 7.31. The van der Waals surface area contributed by atoms with Gasteiger partial charge in [-0.25, -0.2) is 4.98 Å². The van der Waals surface area contributed by atoms with Gasteiger partial charge in [0.05, 0.1) is 5.56 Å². The van der Waals surface area contributed by atoms with Gasteiger partial charge in [0, 0.05) is 35.8 Å². The molecule has 2 aromatic carbocycles. The number of imidazole rings is 1. The fraction of sp³-hybridized carbons (Fsp3) is 0.379. The lowest BCUT2D eigenvalue weighted by Crippen LogP contribution is -2.51. The van der Waals surface area contributed by atoms with Crippen LogP contribution in [0.3, 0.4) is 0 Å². The Morgan fingerprint density at radius 3 is 2.48 bits per heavy atom. The number of hydrogen-bond donors (Lipinski definition) is 1. The number of nitrogens with one attached hydrogen (secondary N) is 1. The summed E-state index contributed by atoms with van der Waals surface area (Å²) in [7, 11) is 0. The van der Waals surface area contributed by atoms with Crippen molar-refractivity contribution in [3.05, 3.63) is 77.9 Å². The molecule has 0 radical (unpaired) electrons. The van der Waals surface area contributed by atoms with Gasteiger partial charge in [-0.1, -0.05) is 31.5 Å². The monoisotopic (exact) mass is 573 g/mol. The zero-order valence-electron chi connectivity index (χ0n) is 22.1. The van der Waals surface area contributed by atoms with Crippen LogP contribution in [0.1, 0.15) is 62.4 Å². The molecule has 11 heteroatoms. The maximum Gasteiger partial charge on any atom is 0.416 e. The van der Waals surface area contributed by atoms with Crippen LogP contribution < -0.4 is 5.32 Å². The quantitative estimate of drug-likeness (QED) is 0.366. The highest BCUT2D eigenvalue weighted by Crippen LogP contribution is 2.40. The van der Waals surface area contributed by atoms with E-state index in [1.165, 1.54) is 17.0 Å². The van der Waals surface area contributed by atoms with E-state index in [1.54, 1.807) is 6.20 Å². The maximum atomic E-state index is 13.7. The minimum atomic E-state index is -4.52. The highest BCUT2D eigenvalue weighted by molar-refractivity contribution is 6.47.